The van der Waals surface area contributed by atoms with Crippen molar-refractivity contribution in [1.82, 2.24) is 0 Å². The van der Waals surface area contributed by atoms with Gasteiger partial charge in [0.2, 0.25) is 0 Å². The minimum Gasteiger partial charge on any atom is -0.822 e. The average molecular weight is 272 g/mol. The van der Waals surface area contributed by atoms with Crippen LogP contribution in [0.2, 0.25) is 0 Å². The summed E-state index contributed by atoms with van der Waals surface area (Å²) in [7, 11) is -5.39. The first-order chi connectivity index (χ1) is 2.00. The molecule has 0 bridgehead atoms. The Balaban J connectivity index is -0.0000000800. The summed E-state index contributed by atoms with van der Waals surface area (Å²) in [6, 6.07) is 0. The summed E-state index contributed by atoms with van der Waals surface area (Å²) in [4.78, 5) is 25.6. The van der Waals surface area contributed by atoms with Crippen molar-refractivity contribution in [2.75, 3.05) is 0 Å². The molecule has 0 atom stereocenters. The molecule has 0 aliphatic rings. The van der Waals surface area contributed by atoms with Gasteiger partial charge < -0.3 is 24.7 Å². The normalized spacial score (nSPS) is 8.43. The first kappa shape index (κ1) is 15.8. The van der Waals surface area contributed by atoms with E-state index in [9.17, 15) is 0 Å². The number of hydrogen-bond donors (Lipinski definition) is 0. The molecule has 5 nitrogen and oxygen atoms in total. The first-order valence-electron chi connectivity index (χ1n) is 0.730. The third-order valence-electron chi connectivity index (χ3n) is 0. The van der Waals surface area contributed by atoms with Crippen LogP contribution < -0.4 is 14.7 Å². The van der Waals surface area contributed by atoms with Gasteiger partial charge in [-0.25, -0.2) is 0 Å². The molecule has 0 aromatic heterocycles. The zero-order chi connectivity index (χ0) is 4.50. The molecule has 7 heavy (non-hydrogen) atoms. The molecule has 0 saturated carbocycles. The maximum Gasteiger partial charge on any atom is 3.00 e. The molecule has 0 aliphatic heterocycles. The van der Waals surface area contributed by atoms with Gasteiger partial charge in [-0.2, -0.15) is 7.82 Å². The molecular formula is H2O5PTb. The zero-order valence-corrected chi connectivity index (χ0v) is 5.95. The SMILES string of the molecule is O.O=P([O-])([O-])[O-].[Tb+3]. The van der Waals surface area contributed by atoms with E-state index in [0.717, 1.165) is 0 Å². The molecule has 0 amide bonds. The minimum absolute atomic E-state index is 0. The van der Waals surface area contributed by atoms with Gasteiger partial charge in [0.05, 0.1) is 0 Å². The van der Waals surface area contributed by atoms with Gasteiger partial charge in [-0.05, 0) is 0 Å². The molecule has 0 radical (unpaired) electrons. The van der Waals surface area contributed by atoms with Gasteiger partial charge in [0, 0.05) is 0 Å². The molecule has 46 valence electrons. The predicted molar refractivity (Wildman–Crippen MR) is 11.2 cm³/mol. The van der Waals surface area contributed by atoms with Crippen LogP contribution in [0.5, 0.6) is 0 Å². The Morgan fingerprint density at radius 1 is 1.14 bits per heavy atom. The second-order valence-corrected chi connectivity index (χ2v) is 1.34. The molecule has 0 aromatic carbocycles. The van der Waals surface area contributed by atoms with Crippen LogP contribution in [0.15, 0.2) is 0 Å². The fourth-order valence-electron chi connectivity index (χ4n) is 0. The Kier molecular flexibility index (Phi) is 12.4. The molecule has 0 spiro atoms. The molecule has 2 N–H and O–H groups in total. The monoisotopic (exact) mass is 272 g/mol. The van der Waals surface area contributed by atoms with Crippen LogP contribution in [0.1, 0.15) is 0 Å². The van der Waals surface area contributed by atoms with Crippen LogP contribution in [0.3, 0.4) is 0 Å². The van der Waals surface area contributed by atoms with Crippen molar-refractivity contribution >= 4 is 7.82 Å². The zero-order valence-electron chi connectivity index (χ0n) is 2.91. The molecule has 0 rings (SSSR count). The van der Waals surface area contributed by atoms with Crippen LogP contribution in [0.25, 0.3) is 0 Å². The van der Waals surface area contributed by atoms with E-state index < -0.39 is 7.82 Å². The van der Waals surface area contributed by atoms with Crippen molar-refractivity contribution in [1.29, 1.82) is 0 Å². The molecule has 0 unspecified atom stereocenters. The second-order valence-electron chi connectivity index (χ2n) is 0.447. The quantitative estimate of drug-likeness (QED) is 0.422. The van der Waals surface area contributed by atoms with Crippen LogP contribution in [-0.4, -0.2) is 5.48 Å². The van der Waals surface area contributed by atoms with E-state index in [1.807, 2.05) is 0 Å². The summed E-state index contributed by atoms with van der Waals surface area (Å²) in [5.41, 5.74) is 0. The summed E-state index contributed by atoms with van der Waals surface area (Å²) >= 11 is 0. The van der Waals surface area contributed by atoms with E-state index in [1.54, 1.807) is 0 Å². The van der Waals surface area contributed by atoms with E-state index in [2.05, 4.69) is 0 Å². The van der Waals surface area contributed by atoms with Gasteiger partial charge in [0.15, 0.2) is 0 Å². The molecule has 0 heterocycles. The summed E-state index contributed by atoms with van der Waals surface area (Å²) in [6.45, 7) is 0. The first-order valence-corrected chi connectivity index (χ1v) is 2.19. The number of rotatable bonds is 0. The fourth-order valence-corrected chi connectivity index (χ4v) is 0. The van der Waals surface area contributed by atoms with E-state index in [4.69, 9.17) is 19.2 Å². The van der Waals surface area contributed by atoms with Gasteiger partial charge in [0.25, 0.3) is 0 Å². The van der Waals surface area contributed by atoms with Crippen LogP contribution in [0.4, 0.5) is 0 Å². The van der Waals surface area contributed by atoms with Crippen molar-refractivity contribution < 1.29 is 63.3 Å². The maximum atomic E-state index is 8.55. The van der Waals surface area contributed by atoms with Crippen molar-refractivity contribution in [3.63, 3.8) is 0 Å². The van der Waals surface area contributed by atoms with Crippen molar-refractivity contribution in [2.45, 2.75) is 0 Å². The predicted octanol–water partition coefficient (Wildman–Crippen LogP) is -3.65. The Morgan fingerprint density at radius 3 is 1.14 bits per heavy atom. The largest absolute Gasteiger partial charge is 3.00 e. The molecule has 7 heteroatoms. The number of hydrogen-bond acceptors (Lipinski definition) is 4. The average Bonchev–Trinajstić information content (AvgIpc) is 0.722. The Labute approximate surface area is 70.7 Å². The number of phosphoric acid groups is 1. The van der Waals surface area contributed by atoms with Gasteiger partial charge in [-0.1, -0.05) is 0 Å². The van der Waals surface area contributed by atoms with Gasteiger partial charge in [0.1, 0.15) is 0 Å². The molecule has 0 aliphatic carbocycles. The van der Waals surface area contributed by atoms with Crippen molar-refractivity contribution in [2.24, 2.45) is 0 Å². The second kappa shape index (κ2) is 5.49. The van der Waals surface area contributed by atoms with E-state index in [0.29, 0.717) is 0 Å². The Bertz CT molecular complexity index is 54.2. The van der Waals surface area contributed by atoms with E-state index >= 15 is 0 Å². The standard InChI is InChI=1S/H3O4P.H2O.Tb/c1-5(2,3)4;;/h(H3,1,2,3,4);1H2;/q;;+3/p-3. The Hall–Kier alpha value is 1.36. The van der Waals surface area contributed by atoms with Gasteiger partial charge in [-0.15, -0.1) is 0 Å². The maximum absolute atomic E-state index is 8.55. The van der Waals surface area contributed by atoms with Gasteiger partial charge in [-0.3, -0.25) is 0 Å². The third-order valence-corrected chi connectivity index (χ3v) is 0. The van der Waals surface area contributed by atoms with Crippen LogP contribution in [-0.2, 0) is 4.57 Å². The minimum atomic E-state index is -5.39. The molecular weight excluding hydrogens is 270 g/mol. The summed E-state index contributed by atoms with van der Waals surface area (Å²) < 4.78 is 8.55. The smallest absolute Gasteiger partial charge is 0.822 e. The fraction of sp³-hybridized carbons (Fsp3) is 0. The summed E-state index contributed by atoms with van der Waals surface area (Å²) in [5.74, 6) is 0. The topological polar surface area (TPSA) is 118 Å². The summed E-state index contributed by atoms with van der Waals surface area (Å²) in [6.07, 6.45) is 0. The third kappa shape index (κ3) is 115. The van der Waals surface area contributed by atoms with Crippen LogP contribution in [0, 0.1) is 38.6 Å². The van der Waals surface area contributed by atoms with Crippen molar-refractivity contribution in [3.05, 3.63) is 0 Å². The molecule has 0 saturated heterocycles. The molecule has 0 fully saturated rings. The Morgan fingerprint density at radius 2 is 1.14 bits per heavy atom. The van der Waals surface area contributed by atoms with Crippen LogP contribution >= 0.6 is 7.82 Å². The van der Waals surface area contributed by atoms with Crippen molar-refractivity contribution in [3.8, 4) is 0 Å². The van der Waals surface area contributed by atoms with E-state index in [1.165, 1.54) is 0 Å². The van der Waals surface area contributed by atoms with Gasteiger partial charge >= 0.3 is 38.6 Å². The summed E-state index contributed by atoms with van der Waals surface area (Å²) in [5, 5.41) is 0. The van der Waals surface area contributed by atoms with E-state index in [-0.39, 0.29) is 44.1 Å². The molecule has 0 aromatic rings.